The molecule has 0 bridgehead atoms. The van der Waals surface area contributed by atoms with E-state index in [0.717, 1.165) is 12.0 Å². The van der Waals surface area contributed by atoms with Gasteiger partial charge in [-0.15, -0.1) is 0 Å². The molecule has 1 heterocycles. The van der Waals surface area contributed by atoms with E-state index in [1.54, 1.807) is 13.1 Å². The van der Waals surface area contributed by atoms with Crippen LogP contribution in [0.1, 0.15) is 24.8 Å². The van der Waals surface area contributed by atoms with Crippen LogP contribution in [0, 0.1) is 0 Å². The molecule has 1 fully saturated rings. The van der Waals surface area contributed by atoms with Crippen molar-refractivity contribution >= 4 is 17.7 Å². The first-order valence-corrected chi connectivity index (χ1v) is 9.52. The zero-order valence-corrected chi connectivity index (χ0v) is 17.4. The molecule has 3 amide bonds. The van der Waals surface area contributed by atoms with Crippen LogP contribution in [-0.4, -0.2) is 70.1 Å². The molecule has 1 unspecified atom stereocenters. The summed E-state index contributed by atoms with van der Waals surface area (Å²) in [4.78, 5) is 38.0. The van der Waals surface area contributed by atoms with E-state index in [9.17, 15) is 14.4 Å². The summed E-state index contributed by atoms with van der Waals surface area (Å²) in [5.74, 6) is 0.833. The Labute approximate surface area is 170 Å². The van der Waals surface area contributed by atoms with Crippen molar-refractivity contribution in [2.24, 2.45) is 0 Å². The average Bonchev–Trinajstić information content (AvgIpc) is 3.24. The summed E-state index contributed by atoms with van der Waals surface area (Å²) in [6, 6.07) is 3.11. The lowest BCUT2D eigenvalue weighted by Crippen LogP contribution is -2.48. The van der Waals surface area contributed by atoms with Crippen LogP contribution in [0.15, 0.2) is 12.1 Å². The SMILES string of the molecule is CNC(=O)C1CCCN1C(=O)CNC(=O)CCc1ccc(OC)c(OC)c1OC. The number of hydrogen-bond donors (Lipinski definition) is 2. The Morgan fingerprint density at radius 1 is 1.10 bits per heavy atom. The number of nitrogens with one attached hydrogen (secondary N) is 2. The number of amides is 3. The molecule has 0 radical (unpaired) electrons. The van der Waals surface area contributed by atoms with Gasteiger partial charge in [-0.05, 0) is 30.9 Å². The fraction of sp³-hybridized carbons (Fsp3) is 0.550. The fourth-order valence-corrected chi connectivity index (χ4v) is 3.48. The van der Waals surface area contributed by atoms with Gasteiger partial charge in [0.05, 0.1) is 27.9 Å². The zero-order valence-electron chi connectivity index (χ0n) is 17.4. The van der Waals surface area contributed by atoms with E-state index >= 15 is 0 Å². The number of aryl methyl sites for hydroxylation is 1. The number of likely N-dealkylation sites (tertiary alicyclic amines) is 1. The lowest BCUT2D eigenvalue weighted by Gasteiger charge is -2.23. The zero-order chi connectivity index (χ0) is 21.4. The maximum atomic E-state index is 12.4. The van der Waals surface area contributed by atoms with E-state index in [1.165, 1.54) is 26.2 Å². The lowest BCUT2D eigenvalue weighted by molar-refractivity contribution is -0.138. The highest BCUT2D eigenvalue weighted by Gasteiger charge is 2.33. The Balaban J connectivity index is 1.90. The van der Waals surface area contributed by atoms with Crippen molar-refractivity contribution in [1.82, 2.24) is 15.5 Å². The lowest BCUT2D eigenvalue weighted by atomic mass is 10.1. The van der Waals surface area contributed by atoms with Gasteiger partial charge in [0.25, 0.3) is 0 Å². The second-order valence-electron chi connectivity index (χ2n) is 6.63. The van der Waals surface area contributed by atoms with E-state index in [2.05, 4.69) is 10.6 Å². The third-order valence-electron chi connectivity index (χ3n) is 4.97. The number of methoxy groups -OCH3 is 3. The molecule has 1 aliphatic heterocycles. The third-order valence-corrected chi connectivity index (χ3v) is 4.97. The highest BCUT2D eigenvalue weighted by atomic mass is 16.5. The van der Waals surface area contributed by atoms with Crippen LogP contribution in [0.3, 0.4) is 0 Å². The summed E-state index contributed by atoms with van der Waals surface area (Å²) in [5, 5.41) is 5.21. The van der Waals surface area contributed by atoms with E-state index in [-0.39, 0.29) is 30.7 Å². The summed E-state index contributed by atoms with van der Waals surface area (Å²) in [5.41, 5.74) is 0.797. The molecular weight excluding hydrogens is 378 g/mol. The standard InChI is InChI=1S/C20H29N3O6/c1-21-20(26)14-6-5-11-23(14)17(25)12-22-16(24)10-8-13-7-9-15(27-2)19(29-4)18(13)28-3/h7,9,14H,5-6,8,10-12H2,1-4H3,(H,21,26)(H,22,24). The minimum absolute atomic E-state index is 0.130. The van der Waals surface area contributed by atoms with Crippen LogP contribution in [0.25, 0.3) is 0 Å². The molecule has 1 atom stereocenters. The summed E-state index contributed by atoms with van der Waals surface area (Å²) >= 11 is 0. The van der Waals surface area contributed by atoms with Crippen molar-refractivity contribution in [1.29, 1.82) is 0 Å². The van der Waals surface area contributed by atoms with E-state index < -0.39 is 6.04 Å². The molecule has 9 heteroatoms. The van der Waals surface area contributed by atoms with Crippen LogP contribution in [0.2, 0.25) is 0 Å². The smallest absolute Gasteiger partial charge is 0.242 e. The number of hydrogen-bond acceptors (Lipinski definition) is 6. The van der Waals surface area contributed by atoms with Crippen LogP contribution in [-0.2, 0) is 20.8 Å². The van der Waals surface area contributed by atoms with Crippen LogP contribution in [0.5, 0.6) is 17.2 Å². The molecule has 1 aliphatic rings. The van der Waals surface area contributed by atoms with Crippen molar-refractivity contribution in [3.05, 3.63) is 17.7 Å². The van der Waals surface area contributed by atoms with Gasteiger partial charge in [0.15, 0.2) is 11.5 Å². The number of likely N-dealkylation sites (N-methyl/N-ethyl adjacent to an activating group) is 1. The second-order valence-corrected chi connectivity index (χ2v) is 6.63. The number of nitrogens with zero attached hydrogens (tertiary/aromatic N) is 1. The molecule has 2 rings (SSSR count). The number of rotatable bonds is 9. The van der Waals surface area contributed by atoms with Crippen molar-refractivity contribution < 1.29 is 28.6 Å². The first kappa shape index (κ1) is 22.3. The number of carbonyl (C=O) groups is 3. The summed E-state index contributed by atoms with van der Waals surface area (Å²) in [6.45, 7) is 0.394. The minimum atomic E-state index is -0.458. The molecule has 1 saturated heterocycles. The van der Waals surface area contributed by atoms with Crippen LogP contribution >= 0.6 is 0 Å². The number of carbonyl (C=O) groups excluding carboxylic acids is 3. The summed E-state index contributed by atoms with van der Waals surface area (Å²) < 4.78 is 16.0. The maximum Gasteiger partial charge on any atom is 0.242 e. The Kier molecular flexibility index (Phi) is 8.11. The van der Waals surface area contributed by atoms with Crippen molar-refractivity contribution in [2.75, 3.05) is 41.5 Å². The third kappa shape index (κ3) is 5.30. The molecule has 29 heavy (non-hydrogen) atoms. The Hall–Kier alpha value is -2.97. The number of ether oxygens (including phenoxy) is 3. The summed E-state index contributed by atoms with van der Waals surface area (Å²) in [7, 11) is 6.13. The first-order chi connectivity index (χ1) is 14.0. The van der Waals surface area contributed by atoms with Gasteiger partial charge in [-0.1, -0.05) is 6.07 Å². The number of benzene rings is 1. The molecule has 0 spiro atoms. The molecule has 1 aromatic rings. The van der Waals surface area contributed by atoms with Gasteiger partial charge in [0.1, 0.15) is 6.04 Å². The van der Waals surface area contributed by atoms with Gasteiger partial charge in [0.2, 0.25) is 23.5 Å². The van der Waals surface area contributed by atoms with E-state index in [1.807, 2.05) is 6.07 Å². The molecule has 2 N–H and O–H groups in total. The first-order valence-electron chi connectivity index (χ1n) is 9.52. The van der Waals surface area contributed by atoms with E-state index in [4.69, 9.17) is 14.2 Å². The van der Waals surface area contributed by atoms with Gasteiger partial charge < -0.3 is 29.7 Å². The topological polar surface area (TPSA) is 106 Å². The van der Waals surface area contributed by atoms with Gasteiger partial charge in [-0.2, -0.15) is 0 Å². The maximum absolute atomic E-state index is 12.4. The molecule has 9 nitrogen and oxygen atoms in total. The Morgan fingerprint density at radius 3 is 2.45 bits per heavy atom. The Morgan fingerprint density at radius 2 is 1.83 bits per heavy atom. The molecule has 160 valence electrons. The second kappa shape index (κ2) is 10.5. The Bertz CT molecular complexity index is 752. The predicted molar refractivity (Wildman–Crippen MR) is 106 cm³/mol. The monoisotopic (exact) mass is 407 g/mol. The predicted octanol–water partition coefficient (Wildman–Crippen LogP) is 0.498. The molecular formula is C20H29N3O6. The highest BCUT2D eigenvalue weighted by molar-refractivity contribution is 5.90. The highest BCUT2D eigenvalue weighted by Crippen LogP contribution is 2.40. The van der Waals surface area contributed by atoms with Gasteiger partial charge in [-0.3, -0.25) is 14.4 Å². The summed E-state index contributed by atoms with van der Waals surface area (Å²) in [6.07, 6.45) is 2.00. The largest absolute Gasteiger partial charge is 0.493 e. The normalized spacial score (nSPS) is 15.6. The van der Waals surface area contributed by atoms with Crippen LogP contribution < -0.4 is 24.8 Å². The van der Waals surface area contributed by atoms with Gasteiger partial charge in [-0.25, -0.2) is 0 Å². The van der Waals surface area contributed by atoms with Crippen molar-refractivity contribution in [2.45, 2.75) is 31.7 Å². The quantitative estimate of drug-likeness (QED) is 0.617. The van der Waals surface area contributed by atoms with Crippen molar-refractivity contribution in [3.8, 4) is 17.2 Å². The van der Waals surface area contributed by atoms with Gasteiger partial charge >= 0.3 is 0 Å². The molecule has 0 aromatic heterocycles. The molecule has 1 aromatic carbocycles. The fourth-order valence-electron chi connectivity index (χ4n) is 3.48. The molecule has 0 aliphatic carbocycles. The minimum Gasteiger partial charge on any atom is -0.493 e. The van der Waals surface area contributed by atoms with E-state index in [0.29, 0.717) is 36.6 Å². The average molecular weight is 407 g/mol. The van der Waals surface area contributed by atoms with Crippen molar-refractivity contribution in [3.63, 3.8) is 0 Å². The van der Waals surface area contributed by atoms with Gasteiger partial charge in [0, 0.05) is 20.0 Å². The van der Waals surface area contributed by atoms with Crippen LogP contribution in [0.4, 0.5) is 0 Å². The molecule has 0 saturated carbocycles.